The van der Waals surface area contributed by atoms with E-state index in [2.05, 4.69) is 61.2 Å². The Morgan fingerprint density at radius 1 is 0.864 bits per heavy atom. The maximum atomic E-state index is 4.48. The average molecular weight is 369 g/mol. The van der Waals surface area contributed by atoms with Gasteiger partial charge in [-0.25, -0.2) is 0 Å². The van der Waals surface area contributed by atoms with Gasteiger partial charge in [0.2, 0.25) is 0 Å². The second kappa shape index (κ2) is 8.91. The minimum atomic E-state index is 0.688. The van der Waals surface area contributed by atoms with E-state index < -0.39 is 0 Å². The number of hydrogen-bond donors (Lipinski definition) is 2. The van der Waals surface area contributed by atoms with Gasteiger partial charge >= 0.3 is 0 Å². The summed E-state index contributed by atoms with van der Waals surface area (Å²) >= 11 is 12.4. The van der Waals surface area contributed by atoms with Crippen LogP contribution in [0.3, 0.4) is 0 Å². The molecule has 0 radical (unpaired) electrons. The molecule has 2 nitrogen and oxygen atoms in total. The predicted octanol–water partition coefficient (Wildman–Crippen LogP) is 5.05. The lowest BCUT2D eigenvalue weighted by Gasteiger charge is -1.91. The fraction of sp³-hybridized carbons (Fsp3) is 0.375. The standard InChI is InChI=1S/C16H20N2S4/c1-3-13-7-11(15(19)21-13)9-17-5-6-18-10-12-8-14(4-2)22-16(12)20/h7-10,19-20H,3-6H2,1-2H3. The van der Waals surface area contributed by atoms with Gasteiger partial charge in [0.15, 0.2) is 0 Å². The summed E-state index contributed by atoms with van der Waals surface area (Å²) in [6.07, 6.45) is 5.89. The van der Waals surface area contributed by atoms with Crippen molar-refractivity contribution in [3.05, 3.63) is 33.0 Å². The van der Waals surface area contributed by atoms with Gasteiger partial charge in [0.1, 0.15) is 0 Å². The third kappa shape index (κ3) is 4.98. The van der Waals surface area contributed by atoms with E-state index in [1.54, 1.807) is 22.7 Å². The molecule has 22 heavy (non-hydrogen) atoms. The Bertz CT molecular complexity index is 609. The minimum absolute atomic E-state index is 0.688. The molecule has 0 fully saturated rings. The second-order valence-electron chi connectivity index (χ2n) is 4.72. The van der Waals surface area contributed by atoms with Crippen molar-refractivity contribution in [2.24, 2.45) is 9.98 Å². The summed E-state index contributed by atoms with van der Waals surface area (Å²) in [4.78, 5) is 11.5. The van der Waals surface area contributed by atoms with E-state index in [-0.39, 0.29) is 0 Å². The molecule has 0 saturated carbocycles. The van der Waals surface area contributed by atoms with E-state index in [1.807, 2.05) is 12.4 Å². The summed E-state index contributed by atoms with van der Waals surface area (Å²) in [5, 5.41) is 0. The number of aryl methyl sites for hydroxylation is 2. The Balaban J connectivity index is 1.83. The lowest BCUT2D eigenvalue weighted by molar-refractivity contribution is 0.984. The van der Waals surface area contributed by atoms with Gasteiger partial charge < -0.3 is 0 Å². The van der Waals surface area contributed by atoms with Crippen molar-refractivity contribution in [3.8, 4) is 0 Å². The Hall–Kier alpha value is -0.560. The van der Waals surface area contributed by atoms with Gasteiger partial charge in [-0.3, -0.25) is 9.98 Å². The highest BCUT2D eigenvalue weighted by Gasteiger charge is 2.03. The highest BCUT2D eigenvalue weighted by Crippen LogP contribution is 2.25. The summed E-state index contributed by atoms with van der Waals surface area (Å²) in [7, 11) is 0. The molecule has 118 valence electrons. The summed E-state index contributed by atoms with van der Waals surface area (Å²) in [5.74, 6) is 0. The van der Waals surface area contributed by atoms with Gasteiger partial charge in [-0.05, 0) is 25.0 Å². The van der Waals surface area contributed by atoms with E-state index in [0.29, 0.717) is 13.1 Å². The van der Waals surface area contributed by atoms with Crippen molar-refractivity contribution in [1.82, 2.24) is 0 Å². The zero-order chi connectivity index (χ0) is 15.9. The van der Waals surface area contributed by atoms with E-state index in [0.717, 1.165) is 32.4 Å². The largest absolute Gasteiger partial charge is 0.291 e. The molecule has 2 aromatic rings. The number of thiophene rings is 2. The Kier molecular flexibility index (Phi) is 7.21. The molecule has 6 heteroatoms. The number of hydrogen-bond acceptors (Lipinski definition) is 6. The van der Waals surface area contributed by atoms with Crippen molar-refractivity contribution >= 4 is 60.4 Å². The molecule has 2 rings (SSSR count). The van der Waals surface area contributed by atoms with Crippen molar-refractivity contribution in [1.29, 1.82) is 0 Å². The molecule has 2 heterocycles. The molecule has 0 N–H and O–H groups in total. The topological polar surface area (TPSA) is 24.7 Å². The maximum absolute atomic E-state index is 4.48. The Labute approximate surface area is 151 Å². The third-order valence-corrected chi connectivity index (χ3v) is 6.36. The predicted molar refractivity (Wildman–Crippen MR) is 107 cm³/mol. The van der Waals surface area contributed by atoms with Crippen LogP contribution in [0.2, 0.25) is 0 Å². The first-order chi connectivity index (χ1) is 10.6. The van der Waals surface area contributed by atoms with E-state index in [1.165, 1.54) is 9.75 Å². The fourth-order valence-electron chi connectivity index (χ4n) is 1.87. The van der Waals surface area contributed by atoms with Gasteiger partial charge in [0.05, 0.1) is 21.5 Å². The average Bonchev–Trinajstić information content (AvgIpc) is 3.05. The minimum Gasteiger partial charge on any atom is -0.291 e. The molecule has 0 aliphatic heterocycles. The van der Waals surface area contributed by atoms with Crippen molar-refractivity contribution in [3.63, 3.8) is 0 Å². The Morgan fingerprint density at radius 3 is 1.59 bits per heavy atom. The third-order valence-electron chi connectivity index (χ3n) is 3.10. The van der Waals surface area contributed by atoms with Crippen LogP contribution in [0.4, 0.5) is 0 Å². The molecule has 0 aromatic carbocycles. The molecule has 0 atom stereocenters. The first-order valence-corrected chi connectivity index (χ1v) is 9.79. The van der Waals surface area contributed by atoms with Crippen LogP contribution < -0.4 is 0 Å². The molecule has 0 unspecified atom stereocenters. The zero-order valence-electron chi connectivity index (χ0n) is 12.7. The first kappa shape index (κ1) is 17.8. The van der Waals surface area contributed by atoms with Gasteiger partial charge in [-0.15, -0.1) is 47.9 Å². The van der Waals surface area contributed by atoms with Crippen molar-refractivity contribution < 1.29 is 0 Å². The number of thiol groups is 2. The lowest BCUT2D eigenvalue weighted by atomic mass is 10.3. The highest BCUT2D eigenvalue weighted by molar-refractivity contribution is 7.83. The molecule has 2 aromatic heterocycles. The smallest absolute Gasteiger partial charge is 0.0658 e. The van der Waals surface area contributed by atoms with Gasteiger partial charge in [-0.2, -0.15) is 0 Å². The number of rotatable bonds is 7. The van der Waals surface area contributed by atoms with E-state index >= 15 is 0 Å². The zero-order valence-corrected chi connectivity index (χ0v) is 16.2. The van der Waals surface area contributed by atoms with Crippen molar-refractivity contribution in [2.75, 3.05) is 13.1 Å². The number of nitrogens with zero attached hydrogens (tertiary/aromatic N) is 2. The monoisotopic (exact) mass is 368 g/mol. The normalized spacial score (nSPS) is 12.0. The molecule has 0 bridgehead atoms. The maximum Gasteiger partial charge on any atom is 0.0658 e. The molecule has 0 spiro atoms. The quantitative estimate of drug-likeness (QED) is 0.388. The summed E-state index contributed by atoms with van der Waals surface area (Å²) in [5.41, 5.74) is 2.22. The number of aliphatic imine (C=N–C) groups is 2. The van der Waals surface area contributed by atoms with Crippen LogP contribution >= 0.6 is 47.9 Å². The summed E-state index contributed by atoms with van der Waals surface area (Å²) in [6.45, 7) is 5.68. The van der Waals surface area contributed by atoms with Crippen LogP contribution in [-0.2, 0) is 12.8 Å². The first-order valence-electron chi connectivity index (χ1n) is 7.27. The molecular formula is C16H20N2S4. The summed E-state index contributed by atoms with van der Waals surface area (Å²) < 4.78 is 2.07. The summed E-state index contributed by atoms with van der Waals surface area (Å²) in [6, 6.07) is 4.31. The van der Waals surface area contributed by atoms with Gasteiger partial charge in [-0.1, -0.05) is 13.8 Å². The molecule has 0 aliphatic carbocycles. The van der Waals surface area contributed by atoms with Crippen molar-refractivity contribution in [2.45, 2.75) is 35.1 Å². The lowest BCUT2D eigenvalue weighted by Crippen LogP contribution is -1.90. The van der Waals surface area contributed by atoms with Crippen LogP contribution in [0.15, 0.2) is 30.5 Å². The van der Waals surface area contributed by atoms with Crippen LogP contribution in [0.5, 0.6) is 0 Å². The highest BCUT2D eigenvalue weighted by atomic mass is 32.2. The molecule has 0 saturated heterocycles. The van der Waals surface area contributed by atoms with Crippen LogP contribution in [0, 0.1) is 0 Å². The second-order valence-corrected chi connectivity index (χ2v) is 8.50. The van der Waals surface area contributed by atoms with E-state index in [4.69, 9.17) is 0 Å². The van der Waals surface area contributed by atoms with E-state index in [9.17, 15) is 0 Å². The van der Waals surface area contributed by atoms with Gasteiger partial charge in [0.25, 0.3) is 0 Å². The molecular weight excluding hydrogens is 348 g/mol. The van der Waals surface area contributed by atoms with Crippen LogP contribution in [0.25, 0.3) is 0 Å². The fourth-order valence-corrected chi connectivity index (χ4v) is 4.43. The molecule has 0 aliphatic rings. The van der Waals surface area contributed by atoms with Crippen LogP contribution in [0.1, 0.15) is 34.7 Å². The molecule has 0 amide bonds. The Morgan fingerprint density at radius 2 is 1.27 bits per heavy atom. The van der Waals surface area contributed by atoms with Gasteiger partial charge in [0, 0.05) is 33.3 Å². The SMILES string of the molecule is CCc1cc(C=NCCN=Cc2cc(CC)sc2S)c(S)s1. The van der Waals surface area contributed by atoms with Crippen LogP contribution in [-0.4, -0.2) is 25.5 Å².